The Labute approximate surface area is 170 Å². The predicted molar refractivity (Wildman–Crippen MR) is 117 cm³/mol. The van der Waals surface area contributed by atoms with Gasteiger partial charge in [-0.2, -0.15) is 0 Å². The van der Waals surface area contributed by atoms with Gasteiger partial charge in [0.2, 0.25) is 0 Å². The summed E-state index contributed by atoms with van der Waals surface area (Å²) in [5.74, 6) is 7.18. The third kappa shape index (κ3) is 5.04. The van der Waals surface area contributed by atoms with E-state index in [0.29, 0.717) is 6.04 Å². The highest BCUT2D eigenvalue weighted by Crippen LogP contribution is 2.30. The summed E-state index contributed by atoms with van der Waals surface area (Å²) >= 11 is 0. The van der Waals surface area contributed by atoms with Crippen molar-refractivity contribution in [2.45, 2.75) is 50.6 Å². The van der Waals surface area contributed by atoms with Gasteiger partial charge < -0.3 is 4.90 Å². The molecule has 0 radical (unpaired) electrons. The molecule has 0 saturated carbocycles. The third-order valence-electron chi connectivity index (χ3n) is 6.16. The van der Waals surface area contributed by atoms with Crippen LogP contribution >= 0.6 is 0 Å². The van der Waals surface area contributed by atoms with E-state index in [9.17, 15) is 0 Å². The minimum Gasteiger partial charge on any atom is -0.302 e. The SMILES string of the molecule is C(#C[C@H](c1ccccc1)N1CCC[C@H]1CN1CCCC1)CCc1ccccc1. The van der Waals surface area contributed by atoms with E-state index in [1.165, 1.54) is 63.0 Å². The molecule has 2 aliphatic rings. The fourth-order valence-corrected chi connectivity index (χ4v) is 4.67. The Hall–Kier alpha value is -2.08. The molecule has 0 bridgehead atoms. The van der Waals surface area contributed by atoms with E-state index in [-0.39, 0.29) is 6.04 Å². The van der Waals surface area contributed by atoms with Crippen molar-refractivity contribution in [3.63, 3.8) is 0 Å². The summed E-state index contributed by atoms with van der Waals surface area (Å²) in [4.78, 5) is 5.34. The molecule has 4 rings (SSSR count). The molecule has 2 saturated heterocycles. The van der Waals surface area contributed by atoms with E-state index >= 15 is 0 Å². The lowest BCUT2D eigenvalue weighted by atomic mass is 10.0. The summed E-state index contributed by atoms with van der Waals surface area (Å²) in [5.41, 5.74) is 2.73. The van der Waals surface area contributed by atoms with Gasteiger partial charge in [-0.3, -0.25) is 4.90 Å². The normalized spacial score (nSPS) is 21.4. The van der Waals surface area contributed by atoms with Crippen LogP contribution in [0.3, 0.4) is 0 Å². The predicted octanol–water partition coefficient (Wildman–Crippen LogP) is 4.92. The van der Waals surface area contributed by atoms with Gasteiger partial charge in [-0.1, -0.05) is 66.6 Å². The van der Waals surface area contributed by atoms with Crippen LogP contribution in [0.15, 0.2) is 60.7 Å². The molecule has 2 heterocycles. The first-order valence-electron chi connectivity index (χ1n) is 11.0. The zero-order valence-corrected chi connectivity index (χ0v) is 16.9. The summed E-state index contributed by atoms with van der Waals surface area (Å²) < 4.78 is 0. The Morgan fingerprint density at radius 2 is 1.57 bits per heavy atom. The molecule has 146 valence electrons. The highest BCUT2D eigenvalue weighted by Gasteiger charge is 2.32. The van der Waals surface area contributed by atoms with Gasteiger partial charge in [0.05, 0.1) is 6.04 Å². The number of hydrogen-bond acceptors (Lipinski definition) is 2. The highest BCUT2D eigenvalue weighted by atomic mass is 15.3. The van der Waals surface area contributed by atoms with E-state index < -0.39 is 0 Å². The maximum Gasteiger partial charge on any atom is 0.0973 e. The third-order valence-corrected chi connectivity index (χ3v) is 6.16. The molecule has 2 heteroatoms. The summed E-state index contributed by atoms with van der Waals surface area (Å²) in [6, 6.07) is 22.5. The van der Waals surface area contributed by atoms with E-state index in [0.717, 1.165) is 12.8 Å². The van der Waals surface area contributed by atoms with Crippen molar-refractivity contribution in [3.05, 3.63) is 71.8 Å². The van der Waals surface area contributed by atoms with Crippen molar-refractivity contribution >= 4 is 0 Å². The second-order valence-corrected chi connectivity index (χ2v) is 8.16. The first kappa shape index (κ1) is 19.2. The van der Waals surface area contributed by atoms with Crippen LogP contribution in [-0.2, 0) is 6.42 Å². The van der Waals surface area contributed by atoms with Crippen LogP contribution in [0.25, 0.3) is 0 Å². The molecular formula is C26H32N2. The van der Waals surface area contributed by atoms with Crippen molar-refractivity contribution in [1.29, 1.82) is 0 Å². The fraction of sp³-hybridized carbons (Fsp3) is 0.462. The van der Waals surface area contributed by atoms with Gasteiger partial charge in [0.1, 0.15) is 0 Å². The van der Waals surface area contributed by atoms with Gasteiger partial charge in [0.15, 0.2) is 0 Å². The smallest absolute Gasteiger partial charge is 0.0973 e. The number of benzene rings is 2. The quantitative estimate of drug-likeness (QED) is 0.664. The van der Waals surface area contributed by atoms with Crippen LogP contribution in [0.5, 0.6) is 0 Å². The molecule has 2 aliphatic heterocycles. The molecular weight excluding hydrogens is 340 g/mol. The Morgan fingerprint density at radius 3 is 2.32 bits per heavy atom. The number of likely N-dealkylation sites (tertiary alicyclic amines) is 2. The van der Waals surface area contributed by atoms with Gasteiger partial charge in [0.25, 0.3) is 0 Å². The van der Waals surface area contributed by atoms with Crippen LogP contribution in [0.1, 0.15) is 49.3 Å². The second-order valence-electron chi connectivity index (χ2n) is 8.16. The fourth-order valence-electron chi connectivity index (χ4n) is 4.67. The van der Waals surface area contributed by atoms with Gasteiger partial charge in [-0.15, -0.1) is 5.92 Å². The lowest BCUT2D eigenvalue weighted by molar-refractivity contribution is 0.168. The summed E-state index contributed by atoms with van der Waals surface area (Å²) in [7, 11) is 0. The van der Waals surface area contributed by atoms with Crippen molar-refractivity contribution in [2.24, 2.45) is 0 Å². The van der Waals surface area contributed by atoms with E-state index in [2.05, 4.69) is 82.3 Å². The lowest BCUT2D eigenvalue weighted by Crippen LogP contribution is -2.41. The summed E-state index contributed by atoms with van der Waals surface area (Å²) in [6.45, 7) is 4.95. The maximum atomic E-state index is 3.66. The van der Waals surface area contributed by atoms with Gasteiger partial charge >= 0.3 is 0 Å². The standard InChI is InChI=1S/C26H32N2/c1-3-12-23(13-4-1)14-7-8-18-26(24-15-5-2-6-16-24)28-21-11-17-25(28)22-27-19-9-10-20-27/h1-6,12-13,15-16,25-26H,7,9-11,14,17,19-22H2/t25-,26+/m0/s1. The van der Waals surface area contributed by atoms with Crippen molar-refractivity contribution in [2.75, 3.05) is 26.2 Å². The Balaban J connectivity index is 1.46. The molecule has 0 aromatic heterocycles. The maximum absolute atomic E-state index is 3.66. The summed E-state index contributed by atoms with van der Waals surface area (Å²) in [6.07, 6.45) is 7.31. The summed E-state index contributed by atoms with van der Waals surface area (Å²) in [5, 5.41) is 0. The molecule has 0 spiro atoms. The molecule has 28 heavy (non-hydrogen) atoms. The first-order valence-corrected chi connectivity index (χ1v) is 11.0. The van der Waals surface area contributed by atoms with Crippen LogP contribution < -0.4 is 0 Å². The van der Waals surface area contributed by atoms with Crippen LogP contribution in [-0.4, -0.2) is 42.0 Å². The van der Waals surface area contributed by atoms with Crippen molar-refractivity contribution in [1.82, 2.24) is 9.80 Å². The Kier molecular flexibility index (Phi) is 6.82. The molecule has 0 unspecified atom stereocenters. The van der Waals surface area contributed by atoms with Gasteiger partial charge in [-0.05, 0) is 56.3 Å². The number of nitrogens with zero attached hydrogens (tertiary/aromatic N) is 2. The number of aryl methyl sites for hydroxylation is 1. The molecule has 0 aliphatic carbocycles. The number of hydrogen-bond donors (Lipinski definition) is 0. The molecule has 2 aromatic carbocycles. The monoisotopic (exact) mass is 372 g/mol. The second kappa shape index (κ2) is 9.92. The zero-order valence-electron chi connectivity index (χ0n) is 16.9. The van der Waals surface area contributed by atoms with Crippen molar-refractivity contribution < 1.29 is 0 Å². The van der Waals surface area contributed by atoms with Crippen LogP contribution in [0, 0.1) is 11.8 Å². The molecule has 0 amide bonds. The highest BCUT2D eigenvalue weighted by molar-refractivity contribution is 5.28. The van der Waals surface area contributed by atoms with Crippen molar-refractivity contribution in [3.8, 4) is 11.8 Å². The van der Waals surface area contributed by atoms with Gasteiger partial charge in [0, 0.05) is 25.6 Å². The molecule has 2 atom stereocenters. The van der Waals surface area contributed by atoms with E-state index in [1.807, 2.05) is 0 Å². The number of rotatable bonds is 6. The topological polar surface area (TPSA) is 6.48 Å². The molecule has 2 nitrogen and oxygen atoms in total. The molecule has 2 aromatic rings. The molecule has 0 N–H and O–H groups in total. The van der Waals surface area contributed by atoms with E-state index in [4.69, 9.17) is 0 Å². The minimum absolute atomic E-state index is 0.229. The van der Waals surface area contributed by atoms with Crippen LogP contribution in [0.2, 0.25) is 0 Å². The average Bonchev–Trinajstić information content (AvgIpc) is 3.42. The molecule has 2 fully saturated rings. The Morgan fingerprint density at radius 1 is 0.857 bits per heavy atom. The average molecular weight is 373 g/mol. The minimum atomic E-state index is 0.229. The largest absolute Gasteiger partial charge is 0.302 e. The zero-order chi connectivity index (χ0) is 19.0. The van der Waals surface area contributed by atoms with Crippen LogP contribution in [0.4, 0.5) is 0 Å². The Bertz CT molecular complexity index is 768. The van der Waals surface area contributed by atoms with E-state index in [1.54, 1.807) is 0 Å². The van der Waals surface area contributed by atoms with Gasteiger partial charge in [-0.25, -0.2) is 0 Å². The first-order chi connectivity index (χ1) is 13.9. The lowest BCUT2D eigenvalue weighted by Gasteiger charge is -2.32.